The van der Waals surface area contributed by atoms with Crippen LogP contribution in [-0.4, -0.2) is 19.7 Å². The number of H-pyrrole nitrogens is 1. The lowest BCUT2D eigenvalue weighted by molar-refractivity contribution is 0.432. The third-order valence-electron chi connectivity index (χ3n) is 5.89. The molecule has 0 spiro atoms. The van der Waals surface area contributed by atoms with Crippen LogP contribution in [0.4, 0.5) is 0 Å². The molecule has 0 saturated heterocycles. The van der Waals surface area contributed by atoms with Crippen molar-refractivity contribution < 1.29 is 4.52 Å². The molecule has 0 amide bonds. The largest absolute Gasteiger partial charge is 0.334 e. The molecule has 7 heteroatoms. The fourth-order valence-corrected chi connectivity index (χ4v) is 3.81. The van der Waals surface area contributed by atoms with Crippen LogP contribution in [-0.2, 0) is 13.0 Å². The SMILES string of the molecule is Cc1ccc(-c2noc(-c3ccc4c(=O)n(CCc5ccccc5)c(=O)[nH]c4c3)n2)cc1C. The highest BCUT2D eigenvalue weighted by Crippen LogP contribution is 2.25. The van der Waals surface area contributed by atoms with E-state index in [-0.39, 0.29) is 5.56 Å². The average Bonchev–Trinajstić information content (AvgIpc) is 3.31. The van der Waals surface area contributed by atoms with Crippen LogP contribution in [0.3, 0.4) is 0 Å². The van der Waals surface area contributed by atoms with Gasteiger partial charge in [0.2, 0.25) is 5.82 Å². The summed E-state index contributed by atoms with van der Waals surface area (Å²) in [6, 6.07) is 20.9. The minimum atomic E-state index is -0.443. The predicted molar refractivity (Wildman–Crippen MR) is 127 cm³/mol. The number of aromatic amines is 1. The van der Waals surface area contributed by atoms with Gasteiger partial charge < -0.3 is 9.51 Å². The van der Waals surface area contributed by atoms with Gasteiger partial charge in [-0.25, -0.2) is 4.79 Å². The second-order valence-electron chi connectivity index (χ2n) is 8.11. The fraction of sp³-hybridized carbons (Fsp3) is 0.154. The Kier molecular flexibility index (Phi) is 5.22. The Morgan fingerprint density at radius 1 is 0.909 bits per heavy atom. The Bertz CT molecular complexity index is 1580. The van der Waals surface area contributed by atoms with Crippen molar-refractivity contribution in [1.82, 2.24) is 19.7 Å². The highest BCUT2D eigenvalue weighted by molar-refractivity contribution is 5.82. The molecule has 0 radical (unpaired) electrons. The van der Waals surface area contributed by atoms with Crippen LogP contribution in [0.1, 0.15) is 16.7 Å². The molecular formula is C26H22N4O3. The lowest BCUT2D eigenvalue weighted by atomic mass is 10.1. The molecule has 0 saturated carbocycles. The fourth-order valence-electron chi connectivity index (χ4n) is 3.81. The summed E-state index contributed by atoms with van der Waals surface area (Å²) in [7, 11) is 0. The molecule has 33 heavy (non-hydrogen) atoms. The van der Waals surface area contributed by atoms with Gasteiger partial charge in [-0.15, -0.1) is 0 Å². The molecule has 1 N–H and O–H groups in total. The van der Waals surface area contributed by atoms with E-state index in [9.17, 15) is 9.59 Å². The summed E-state index contributed by atoms with van der Waals surface area (Å²) in [5.74, 6) is 0.803. The van der Waals surface area contributed by atoms with Gasteiger partial charge in [0.25, 0.3) is 11.4 Å². The van der Waals surface area contributed by atoms with Crippen molar-refractivity contribution in [2.45, 2.75) is 26.8 Å². The normalized spacial score (nSPS) is 11.2. The Labute approximate surface area is 189 Å². The van der Waals surface area contributed by atoms with Crippen molar-refractivity contribution >= 4 is 10.9 Å². The van der Waals surface area contributed by atoms with E-state index in [4.69, 9.17) is 4.52 Å². The molecule has 0 aliphatic heterocycles. The second-order valence-corrected chi connectivity index (χ2v) is 8.11. The van der Waals surface area contributed by atoms with Crippen LogP contribution >= 0.6 is 0 Å². The third kappa shape index (κ3) is 4.01. The lowest BCUT2D eigenvalue weighted by Crippen LogP contribution is -2.35. The van der Waals surface area contributed by atoms with Crippen LogP contribution in [0, 0.1) is 13.8 Å². The Balaban J connectivity index is 1.47. The van der Waals surface area contributed by atoms with E-state index in [1.54, 1.807) is 18.2 Å². The van der Waals surface area contributed by atoms with Crippen LogP contribution in [0.15, 0.2) is 80.8 Å². The van der Waals surface area contributed by atoms with Crippen molar-refractivity contribution in [3.05, 3.63) is 104 Å². The molecule has 5 rings (SSSR count). The van der Waals surface area contributed by atoms with E-state index in [1.165, 1.54) is 10.1 Å². The van der Waals surface area contributed by atoms with Gasteiger partial charge in [0, 0.05) is 17.7 Å². The number of benzene rings is 3. The molecule has 3 aromatic carbocycles. The van der Waals surface area contributed by atoms with Gasteiger partial charge in [0.05, 0.1) is 10.9 Å². The van der Waals surface area contributed by atoms with Gasteiger partial charge >= 0.3 is 5.69 Å². The zero-order valence-electron chi connectivity index (χ0n) is 18.3. The maximum atomic E-state index is 13.0. The van der Waals surface area contributed by atoms with Gasteiger partial charge in [-0.2, -0.15) is 4.98 Å². The first-order valence-electron chi connectivity index (χ1n) is 10.7. The van der Waals surface area contributed by atoms with Crippen molar-refractivity contribution in [2.24, 2.45) is 0 Å². The molecule has 164 valence electrons. The van der Waals surface area contributed by atoms with Crippen molar-refractivity contribution in [2.75, 3.05) is 0 Å². The van der Waals surface area contributed by atoms with Gasteiger partial charge in [0.15, 0.2) is 0 Å². The Morgan fingerprint density at radius 2 is 1.70 bits per heavy atom. The second kappa shape index (κ2) is 8.35. The first kappa shape index (κ1) is 20.6. The zero-order chi connectivity index (χ0) is 22.9. The van der Waals surface area contributed by atoms with E-state index >= 15 is 0 Å². The topological polar surface area (TPSA) is 93.8 Å². The summed E-state index contributed by atoms with van der Waals surface area (Å²) >= 11 is 0. The predicted octanol–water partition coefficient (Wildman–Crippen LogP) is 4.27. The Hall–Kier alpha value is -4.26. The van der Waals surface area contributed by atoms with Crippen LogP contribution in [0.2, 0.25) is 0 Å². The summed E-state index contributed by atoms with van der Waals surface area (Å²) in [5, 5.41) is 4.52. The number of aromatic nitrogens is 4. The average molecular weight is 438 g/mol. The zero-order valence-corrected chi connectivity index (χ0v) is 18.3. The number of hydrogen-bond donors (Lipinski definition) is 1. The maximum Gasteiger partial charge on any atom is 0.328 e. The third-order valence-corrected chi connectivity index (χ3v) is 5.89. The Morgan fingerprint density at radius 3 is 2.48 bits per heavy atom. The van der Waals surface area contributed by atoms with Crippen LogP contribution < -0.4 is 11.2 Å². The van der Waals surface area contributed by atoms with Gasteiger partial charge in [-0.3, -0.25) is 9.36 Å². The maximum absolute atomic E-state index is 13.0. The number of fused-ring (bicyclic) bond motifs is 1. The minimum Gasteiger partial charge on any atom is -0.334 e. The number of nitrogens with zero attached hydrogens (tertiary/aromatic N) is 3. The molecule has 2 aromatic heterocycles. The molecule has 5 aromatic rings. The molecular weight excluding hydrogens is 416 g/mol. The first-order chi connectivity index (χ1) is 16.0. The van der Waals surface area contributed by atoms with Crippen LogP contribution in [0.5, 0.6) is 0 Å². The van der Waals surface area contributed by atoms with Gasteiger partial charge in [-0.1, -0.05) is 47.6 Å². The highest BCUT2D eigenvalue weighted by Gasteiger charge is 2.14. The molecule has 7 nitrogen and oxygen atoms in total. The number of hydrogen-bond acceptors (Lipinski definition) is 5. The highest BCUT2D eigenvalue weighted by atomic mass is 16.5. The van der Waals surface area contributed by atoms with Gasteiger partial charge in [0.1, 0.15) is 0 Å². The molecule has 0 atom stereocenters. The summed E-state index contributed by atoms with van der Waals surface area (Å²) < 4.78 is 6.70. The van der Waals surface area contributed by atoms with Crippen molar-refractivity contribution in [3.63, 3.8) is 0 Å². The quantitative estimate of drug-likeness (QED) is 0.442. The van der Waals surface area contributed by atoms with E-state index in [0.717, 1.165) is 16.7 Å². The molecule has 0 aliphatic carbocycles. The first-order valence-corrected chi connectivity index (χ1v) is 10.7. The summed E-state index contributed by atoms with van der Waals surface area (Å²) in [4.78, 5) is 32.9. The van der Waals surface area contributed by atoms with Crippen LogP contribution in [0.25, 0.3) is 33.7 Å². The molecule has 2 heterocycles. The van der Waals surface area contributed by atoms with Crippen molar-refractivity contribution in [1.29, 1.82) is 0 Å². The van der Waals surface area contributed by atoms with E-state index in [2.05, 4.69) is 15.1 Å². The summed E-state index contributed by atoms with van der Waals surface area (Å²) in [6.07, 6.45) is 0.594. The smallest absolute Gasteiger partial charge is 0.328 e. The van der Waals surface area contributed by atoms with E-state index in [0.29, 0.717) is 41.1 Å². The lowest BCUT2D eigenvalue weighted by Gasteiger charge is -2.07. The van der Waals surface area contributed by atoms with E-state index < -0.39 is 5.69 Å². The minimum absolute atomic E-state index is 0.304. The molecule has 0 bridgehead atoms. The van der Waals surface area contributed by atoms with Gasteiger partial charge in [-0.05, 0) is 61.2 Å². The van der Waals surface area contributed by atoms with Crippen molar-refractivity contribution in [3.8, 4) is 22.8 Å². The number of aryl methyl sites for hydroxylation is 3. The number of rotatable bonds is 5. The summed E-state index contributed by atoms with van der Waals surface area (Å²) in [6.45, 7) is 4.39. The van der Waals surface area contributed by atoms with E-state index in [1.807, 2.05) is 62.4 Å². The molecule has 0 fully saturated rings. The monoisotopic (exact) mass is 438 g/mol. The molecule has 0 aliphatic rings. The standard InChI is InChI=1S/C26H22N4O3/c1-16-8-9-19(14-17(16)2)23-28-24(33-29-23)20-10-11-21-22(15-20)27-26(32)30(25(21)31)13-12-18-6-4-3-5-7-18/h3-11,14-15H,12-13H2,1-2H3,(H,27,32). The number of nitrogens with one attached hydrogen (secondary N) is 1. The summed E-state index contributed by atoms with van der Waals surface area (Å²) in [5.41, 5.74) is 4.56. The molecule has 0 unspecified atom stereocenters.